The minimum absolute atomic E-state index is 0.0166. The van der Waals surface area contributed by atoms with Crippen LogP contribution in [-0.2, 0) is 4.79 Å². The van der Waals surface area contributed by atoms with Gasteiger partial charge in [0.1, 0.15) is 16.8 Å². The molecule has 1 aliphatic rings. The van der Waals surface area contributed by atoms with E-state index >= 15 is 0 Å². The molecule has 0 spiro atoms. The van der Waals surface area contributed by atoms with Crippen LogP contribution in [0.25, 0.3) is 0 Å². The van der Waals surface area contributed by atoms with Crippen molar-refractivity contribution in [1.29, 1.82) is 0 Å². The van der Waals surface area contributed by atoms with E-state index in [4.69, 9.17) is 8.83 Å². The third-order valence-corrected chi connectivity index (χ3v) is 5.36. The highest BCUT2D eigenvalue weighted by molar-refractivity contribution is 7.15. The summed E-state index contributed by atoms with van der Waals surface area (Å²) in [6.07, 6.45) is 2.78. The average Bonchev–Trinajstić information content (AvgIpc) is 3.43. The zero-order chi connectivity index (χ0) is 19.1. The lowest BCUT2D eigenvalue weighted by molar-refractivity contribution is -0.117. The van der Waals surface area contributed by atoms with Gasteiger partial charge in [-0.25, -0.2) is 0 Å². The number of carbonyl (C=O) groups excluding carboxylic acids is 2. The van der Waals surface area contributed by atoms with E-state index in [0.717, 1.165) is 5.01 Å². The van der Waals surface area contributed by atoms with Crippen LogP contribution in [-0.4, -0.2) is 27.0 Å². The number of aromatic nitrogens is 2. The van der Waals surface area contributed by atoms with Crippen LogP contribution in [0.15, 0.2) is 57.0 Å². The van der Waals surface area contributed by atoms with E-state index in [1.165, 1.54) is 34.8 Å². The summed E-state index contributed by atoms with van der Waals surface area (Å²) in [5, 5.41) is 19.7. The topological polar surface area (TPSA) is 110 Å². The number of rotatable bonds is 5. The molecular formula is C18H15N3O5S. The quantitative estimate of drug-likeness (QED) is 0.668. The van der Waals surface area contributed by atoms with Crippen molar-refractivity contribution in [3.05, 3.63) is 64.7 Å². The number of aliphatic hydroxyl groups excluding tert-OH is 1. The molecule has 0 saturated carbocycles. The summed E-state index contributed by atoms with van der Waals surface area (Å²) in [5.41, 5.74) is -0.119. The molecule has 0 aromatic carbocycles. The third kappa shape index (κ3) is 2.76. The summed E-state index contributed by atoms with van der Waals surface area (Å²) in [4.78, 5) is 26.9. The number of hydrogen-bond acceptors (Lipinski definition) is 8. The zero-order valence-corrected chi connectivity index (χ0v) is 15.3. The van der Waals surface area contributed by atoms with Gasteiger partial charge in [0.15, 0.2) is 11.5 Å². The van der Waals surface area contributed by atoms with Gasteiger partial charge in [-0.2, -0.15) is 0 Å². The highest BCUT2D eigenvalue weighted by Gasteiger charge is 2.48. The van der Waals surface area contributed by atoms with E-state index < -0.39 is 23.5 Å². The maximum atomic E-state index is 12.9. The normalized spacial score (nSPS) is 17.4. The molecule has 0 saturated heterocycles. The van der Waals surface area contributed by atoms with Crippen LogP contribution in [0.3, 0.4) is 0 Å². The van der Waals surface area contributed by atoms with Crippen molar-refractivity contribution >= 4 is 28.2 Å². The Balaban J connectivity index is 1.83. The molecule has 0 radical (unpaired) electrons. The van der Waals surface area contributed by atoms with Crippen LogP contribution in [0.2, 0.25) is 0 Å². The van der Waals surface area contributed by atoms with Gasteiger partial charge < -0.3 is 13.9 Å². The number of hydrogen-bond donors (Lipinski definition) is 1. The Morgan fingerprint density at radius 1 is 1.22 bits per heavy atom. The SMILES string of the molecule is CC(C)c1nnc(N2C(=O)C(O)=C(C(=O)c3ccco3)[C@H]2c2ccco2)s1. The van der Waals surface area contributed by atoms with Crippen LogP contribution >= 0.6 is 11.3 Å². The molecule has 1 atom stereocenters. The van der Waals surface area contributed by atoms with Crippen LogP contribution in [0.5, 0.6) is 0 Å². The molecule has 1 aliphatic heterocycles. The number of aliphatic hydroxyl groups is 1. The maximum Gasteiger partial charge on any atom is 0.296 e. The van der Waals surface area contributed by atoms with Crippen molar-refractivity contribution in [2.75, 3.05) is 4.90 Å². The summed E-state index contributed by atoms with van der Waals surface area (Å²) in [6, 6.07) is 5.33. The number of ketones is 1. The molecule has 0 bridgehead atoms. The fraction of sp³-hybridized carbons (Fsp3) is 0.222. The van der Waals surface area contributed by atoms with E-state index in [-0.39, 0.29) is 22.4 Å². The van der Waals surface area contributed by atoms with Crippen LogP contribution in [0.4, 0.5) is 5.13 Å². The Hall–Kier alpha value is -3.20. The summed E-state index contributed by atoms with van der Waals surface area (Å²) >= 11 is 1.22. The number of carbonyl (C=O) groups is 2. The molecule has 9 heteroatoms. The van der Waals surface area contributed by atoms with Gasteiger partial charge in [0.05, 0.1) is 18.1 Å². The highest BCUT2D eigenvalue weighted by atomic mass is 32.1. The number of nitrogens with zero attached hydrogens (tertiary/aromatic N) is 3. The number of Topliss-reactive ketones (excluding diaryl/α,β-unsaturated/α-hetero) is 1. The minimum Gasteiger partial charge on any atom is -0.503 e. The van der Waals surface area contributed by atoms with Crippen LogP contribution < -0.4 is 4.90 Å². The monoisotopic (exact) mass is 385 g/mol. The largest absolute Gasteiger partial charge is 0.503 e. The third-order valence-electron chi connectivity index (χ3n) is 4.14. The number of furan rings is 2. The molecule has 3 aromatic rings. The summed E-state index contributed by atoms with van der Waals surface area (Å²) in [5.74, 6) is -1.52. The van der Waals surface area contributed by atoms with Crippen molar-refractivity contribution in [3.63, 3.8) is 0 Å². The first-order chi connectivity index (χ1) is 13.0. The Bertz CT molecular complexity index is 1020. The van der Waals surface area contributed by atoms with Crippen LogP contribution in [0.1, 0.15) is 47.1 Å². The molecule has 0 fully saturated rings. The van der Waals surface area contributed by atoms with Gasteiger partial charge in [-0.15, -0.1) is 10.2 Å². The maximum absolute atomic E-state index is 12.9. The molecular weight excluding hydrogens is 370 g/mol. The molecule has 27 heavy (non-hydrogen) atoms. The fourth-order valence-electron chi connectivity index (χ4n) is 2.85. The van der Waals surface area contributed by atoms with Gasteiger partial charge in [-0.1, -0.05) is 25.2 Å². The zero-order valence-electron chi connectivity index (χ0n) is 14.4. The van der Waals surface area contributed by atoms with E-state index in [0.29, 0.717) is 5.76 Å². The van der Waals surface area contributed by atoms with Gasteiger partial charge in [0, 0.05) is 5.92 Å². The first-order valence-corrected chi connectivity index (χ1v) is 9.02. The number of amides is 1. The second-order valence-electron chi connectivity index (χ2n) is 6.24. The Morgan fingerprint density at radius 3 is 2.56 bits per heavy atom. The van der Waals surface area contributed by atoms with Crippen molar-refractivity contribution in [2.45, 2.75) is 25.8 Å². The van der Waals surface area contributed by atoms with Gasteiger partial charge in [-0.05, 0) is 24.3 Å². The van der Waals surface area contributed by atoms with Crippen molar-refractivity contribution in [2.24, 2.45) is 0 Å². The van der Waals surface area contributed by atoms with Crippen LogP contribution in [0, 0.1) is 0 Å². The second-order valence-corrected chi connectivity index (χ2v) is 7.23. The Kier molecular flexibility index (Phi) is 4.15. The first kappa shape index (κ1) is 17.2. The van der Waals surface area contributed by atoms with Crippen molar-refractivity contribution in [1.82, 2.24) is 10.2 Å². The molecule has 8 nitrogen and oxygen atoms in total. The van der Waals surface area contributed by atoms with E-state index in [1.54, 1.807) is 18.2 Å². The van der Waals surface area contributed by atoms with E-state index in [1.807, 2.05) is 13.8 Å². The minimum atomic E-state index is -0.960. The van der Waals surface area contributed by atoms with Gasteiger partial charge in [0.25, 0.3) is 5.91 Å². The second kappa shape index (κ2) is 6.51. The number of anilines is 1. The molecule has 4 rings (SSSR count). The smallest absolute Gasteiger partial charge is 0.296 e. The summed E-state index contributed by atoms with van der Waals surface area (Å²) in [7, 11) is 0. The van der Waals surface area contributed by atoms with Crippen molar-refractivity contribution < 1.29 is 23.5 Å². The molecule has 0 aliphatic carbocycles. The molecule has 4 heterocycles. The average molecular weight is 385 g/mol. The Morgan fingerprint density at radius 2 is 1.96 bits per heavy atom. The molecule has 138 valence electrons. The van der Waals surface area contributed by atoms with Gasteiger partial charge in [0.2, 0.25) is 10.9 Å². The van der Waals surface area contributed by atoms with Gasteiger partial charge in [-0.3, -0.25) is 14.5 Å². The van der Waals surface area contributed by atoms with Gasteiger partial charge >= 0.3 is 0 Å². The summed E-state index contributed by atoms with van der Waals surface area (Å²) < 4.78 is 10.6. The highest BCUT2D eigenvalue weighted by Crippen LogP contribution is 2.43. The lowest BCUT2D eigenvalue weighted by Crippen LogP contribution is -2.30. The molecule has 1 amide bonds. The lowest BCUT2D eigenvalue weighted by atomic mass is 10.00. The predicted octanol–water partition coefficient (Wildman–Crippen LogP) is 3.63. The fourth-order valence-corrected chi connectivity index (χ4v) is 3.72. The Labute approximate surface area is 157 Å². The van der Waals surface area contributed by atoms with E-state index in [2.05, 4.69) is 10.2 Å². The molecule has 1 N–H and O–H groups in total. The molecule has 3 aromatic heterocycles. The standard InChI is InChI=1S/C18H15N3O5S/c1-9(2)16-19-20-18(27-16)21-13(10-5-3-7-25-10)12(15(23)17(21)24)14(22)11-6-4-8-26-11/h3-9,13,23H,1-2H3/t13-/m1/s1. The van der Waals surface area contributed by atoms with Crippen molar-refractivity contribution in [3.8, 4) is 0 Å². The first-order valence-electron chi connectivity index (χ1n) is 8.20. The van der Waals surface area contributed by atoms with E-state index in [9.17, 15) is 14.7 Å². The lowest BCUT2D eigenvalue weighted by Gasteiger charge is -2.21. The predicted molar refractivity (Wildman–Crippen MR) is 95.6 cm³/mol. The summed E-state index contributed by atoms with van der Waals surface area (Å²) in [6.45, 7) is 3.92. The molecule has 0 unspecified atom stereocenters.